The van der Waals surface area contributed by atoms with Gasteiger partial charge in [-0.25, -0.2) is 0 Å². The summed E-state index contributed by atoms with van der Waals surface area (Å²) in [6, 6.07) is 27.4. The summed E-state index contributed by atoms with van der Waals surface area (Å²) in [5, 5.41) is 0. The van der Waals surface area contributed by atoms with Crippen LogP contribution in [0.5, 0.6) is 5.75 Å². The van der Waals surface area contributed by atoms with Gasteiger partial charge in [0, 0.05) is 0 Å². The minimum absolute atomic E-state index is 0.201. The molecule has 1 heteroatoms. The molecule has 0 aliphatic carbocycles. The van der Waals surface area contributed by atoms with Gasteiger partial charge in [0.2, 0.25) is 0 Å². The van der Waals surface area contributed by atoms with E-state index in [0.717, 1.165) is 5.75 Å². The zero-order valence-electron chi connectivity index (χ0n) is 13.0. The molecule has 0 bridgehead atoms. The Morgan fingerprint density at radius 1 is 0.591 bits per heavy atom. The second kappa shape index (κ2) is 6.48. The number of hydrogen-bond acceptors (Lipinski definition) is 1. The van der Waals surface area contributed by atoms with Gasteiger partial charge in [0.1, 0.15) is 5.75 Å². The molecule has 1 nitrogen and oxygen atoms in total. The maximum atomic E-state index is 5.70. The fourth-order valence-electron chi connectivity index (χ4n) is 2.51. The number of rotatable bonds is 4. The van der Waals surface area contributed by atoms with Crippen molar-refractivity contribution in [2.75, 3.05) is 0 Å². The van der Waals surface area contributed by atoms with Gasteiger partial charge in [0.15, 0.2) is 0 Å². The van der Waals surface area contributed by atoms with Gasteiger partial charge >= 0.3 is 0 Å². The van der Waals surface area contributed by atoms with E-state index in [1.807, 2.05) is 32.0 Å². The quantitative estimate of drug-likeness (QED) is 0.589. The summed E-state index contributed by atoms with van der Waals surface area (Å²) in [5.74, 6) is 0.915. The first-order chi connectivity index (χ1) is 10.7. The predicted octanol–water partition coefficient (Wildman–Crippen LogP) is 5.81. The summed E-state index contributed by atoms with van der Waals surface area (Å²) >= 11 is 0. The van der Waals surface area contributed by atoms with Crippen molar-refractivity contribution in [3.05, 3.63) is 78.9 Å². The third-order valence-corrected chi connectivity index (χ3v) is 3.53. The molecule has 3 aromatic carbocycles. The molecule has 0 heterocycles. The van der Waals surface area contributed by atoms with Gasteiger partial charge in [-0.2, -0.15) is 0 Å². The summed E-state index contributed by atoms with van der Waals surface area (Å²) in [7, 11) is 0. The number of benzene rings is 3. The zero-order valence-corrected chi connectivity index (χ0v) is 13.0. The third kappa shape index (κ3) is 3.37. The first-order valence-electron chi connectivity index (χ1n) is 7.65. The Kier molecular flexibility index (Phi) is 4.24. The van der Waals surface area contributed by atoms with E-state index in [4.69, 9.17) is 4.74 Å². The Balaban J connectivity index is 1.89. The van der Waals surface area contributed by atoms with Gasteiger partial charge < -0.3 is 4.74 Å². The van der Waals surface area contributed by atoms with Gasteiger partial charge in [-0.3, -0.25) is 0 Å². The largest absolute Gasteiger partial charge is 0.491 e. The average molecular weight is 288 g/mol. The van der Waals surface area contributed by atoms with Crippen LogP contribution in [0, 0.1) is 0 Å². The van der Waals surface area contributed by atoms with E-state index in [1.165, 1.54) is 22.3 Å². The normalized spacial score (nSPS) is 10.7. The van der Waals surface area contributed by atoms with Gasteiger partial charge in [-0.05, 0) is 54.3 Å². The molecule has 0 saturated carbocycles. The molecule has 0 amide bonds. The van der Waals surface area contributed by atoms with E-state index in [0.29, 0.717) is 0 Å². The van der Waals surface area contributed by atoms with Crippen molar-refractivity contribution >= 4 is 0 Å². The Morgan fingerprint density at radius 3 is 1.73 bits per heavy atom. The molecule has 110 valence electrons. The summed E-state index contributed by atoms with van der Waals surface area (Å²) in [6.07, 6.45) is 0.201. The highest BCUT2D eigenvalue weighted by Gasteiger charge is 2.03. The molecule has 0 fully saturated rings. The Bertz CT molecular complexity index is 727. The summed E-state index contributed by atoms with van der Waals surface area (Å²) in [4.78, 5) is 0. The van der Waals surface area contributed by atoms with Crippen LogP contribution in [0.25, 0.3) is 22.3 Å². The molecular weight excluding hydrogens is 268 g/mol. The topological polar surface area (TPSA) is 9.23 Å². The molecule has 3 aromatic rings. The third-order valence-electron chi connectivity index (χ3n) is 3.53. The van der Waals surface area contributed by atoms with Gasteiger partial charge in [-0.15, -0.1) is 0 Å². The molecule has 0 saturated heterocycles. The molecule has 0 N–H and O–H groups in total. The molecule has 3 rings (SSSR count). The highest BCUT2D eigenvalue weighted by atomic mass is 16.5. The van der Waals surface area contributed by atoms with Gasteiger partial charge in [0.25, 0.3) is 0 Å². The maximum Gasteiger partial charge on any atom is 0.119 e. The van der Waals surface area contributed by atoms with Crippen LogP contribution >= 0.6 is 0 Å². The molecule has 0 spiro atoms. The van der Waals surface area contributed by atoms with E-state index in [2.05, 4.69) is 60.7 Å². The first kappa shape index (κ1) is 14.4. The van der Waals surface area contributed by atoms with Crippen LogP contribution in [0.3, 0.4) is 0 Å². The van der Waals surface area contributed by atoms with E-state index >= 15 is 0 Å². The van der Waals surface area contributed by atoms with E-state index in [9.17, 15) is 0 Å². The SMILES string of the molecule is CC(C)Oc1ccc(-c2cccc(-c3ccccc3)c2)cc1. The number of ether oxygens (including phenoxy) is 1. The second-order valence-corrected chi connectivity index (χ2v) is 5.64. The van der Waals surface area contributed by atoms with Crippen molar-refractivity contribution in [1.82, 2.24) is 0 Å². The summed E-state index contributed by atoms with van der Waals surface area (Å²) in [6.45, 7) is 4.08. The van der Waals surface area contributed by atoms with E-state index in [-0.39, 0.29) is 6.10 Å². The van der Waals surface area contributed by atoms with Crippen LogP contribution in [0.1, 0.15) is 13.8 Å². The highest BCUT2D eigenvalue weighted by Crippen LogP contribution is 2.27. The monoisotopic (exact) mass is 288 g/mol. The fraction of sp³-hybridized carbons (Fsp3) is 0.143. The minimum Gasteiger partial charge on any atom is -0.491 e. The minimum atomic E-state index is 0.201. The van der Waals surface area contributed by atoms with Gasteiger partial charge in [-0.1, -0.05) is 60.7 Å². The molecule has 0 radical (unpaired) electrons. The van der Waals surface area contributed by atoms with Crippen LogP contribution in [-0.2, 0) is 0 Å². The Hall–Kier alpha value is -2.54. The van der Waals surface area contributed by atoms with Crippen molar-refractivity contribution < 1.29 is 4.74 Å². The van der Waals surface area contributed by atoms with Crippen LogP contribution in [0.4, 0.5) is 0 Å². The van der Waals surface area contributed by atoms with Crippen molar-refractivity contribution in [2.45, 2.75) is 20.0 Å². The second-order valence-electron chi connectivity index (χ2n) is 5.64. The molecular formula is C21H20O. The van der Waals surface area contributed by atoms with Crippen LogP contribution in [0.2, 0.25) is 0 Å². The first-order valence-corrected chi connectivity index (χ1v) is 7.65. The lowest BCUT2D eigenvalue weighted by atomic mass is 9.99. The number of hydrogen-bond donors (Lipinski definition) is 0. The van der Waals surface area contributed by atoms with E-state index in [1.54, 1.807) is 0 Å². The lowest BCUT2D eigenvalue weighted by Gasteiger charge is -2.10. The zero-order chi connectivity index (χ0) is 15.4. The van der Waals surface area contributed by atoms with Crippen LogP contribution in [0.15, 0.2) is 78.9 Å². The summed E-state index contributed by atoms with van der Waals surface area (Å²) < 4.78 is 5.70. The molecule has 22 heavy (non-hydrogen) atoms. The lowest BCUT2D eigenvalue weighted by molar-refractivity contribution is 0.242. The molecule has 0 aliphatic rings. The van der Waals surface area contributed by atoms with Crippen LogP contribution in [-0.4, -0.2) is 6.10 Å². The molecule has 0 unspecified atom stereocenters. The molecule has 0 aromatic heterocycles. The van der Waals surface area contributed by atoms with Crippen LogP contribution < -0.4 is 4.74 Å². The molecule has 0 atom stereocenters. The smallest absolute Gasteiger partial charge is 0.119 e. The molecule has 0 aliphatic heterocycles. The average Bonchev–Trinajstić information content (AvgIpc) is 2.56. The predicted molar refractivity (Wildman–Crippen MR) is 93.1 cm³/mol. The van der Waals surface area contributed by atoms with Crippen molar-refractivity contribution in [2.24, 2.45) is 0 Å². The lowest BCUT2D eigenvalue weighted by Crippen LogP contribution is -2.05. The Labute approximate surface area is 132 Å². The Morgan fingerprint density at radius 2 is 1.14 bits per heavy atom. The highest BCUT2D eigenvalue weighted by molar-refractivity contribution is 5.73. The van der Waals surface area contributed by atoms with Gasteiger partial charge in [0.05, 0.1) is 6.10 Å². The van der Waals surface area contributed by atoms with Crippen molar-refractivity contribution in [1.29, 1.82) is 0 Å². The fourth-order valence-corrected chi connectivity index (χ4v) is 2.51. The standard InChI is InChI=1S/C21H20O/c1-16(2)22-21-13-11-18(12-14-21)20-10-6-9-19(15-20)17-7-4-3-5-8-17/h3-16H,1-2H3. The summed E-state index contributed by atoms with van der Waals surface area (Å²) in [5.41, 5.74) is 4.90. The van der Waals surface area contributed by atoms with E-state index < -0.39 is 0 Å². The van der Waals surface area contributed by atoms with Crippen molar-refractivity contribution in [3.63, 3.8) is 0 Å². The van der Waals surface area contributed by atoms with Crippen molar-refractivity contribution in [3.8, 4) is 28.0 Å². The maximum absolute atomic E-state index is 5.70.